The molecule has 2 aromatic carbocycles. The van der Waals surface area contributed by atoms with Crippen molar-refractivity contribution in [3.63, 3.8) is 0 Å². The molecule has 4 heterocycles. The molecule has 0 spiro atoms. The van der Waals surface area contributed by atoms with Gasteiger partial charge in [0.05, 0.1) is 11.1 Å². The van der Waals surface area contributed by atoms with E-state index in [2.05, 4.69) is 61.1 Å². The molecular weight excluding hydrogens is 456 g/mol. The quantitative estimate of drug-likeness (QED) is 0.475. The van der Waals surface area contributed by atoms with Crippen molar-refractivity contribution < 1.29 is 19.1 Å². The Morgan fingerprint density at radius 3 is 1.42 bits per heavy atom. The normalized spacial score (nSPS) is 26.9. The zero-order valence-electron chi connectivity index (χ0n) is 21.5. The van der Waals surface area contributed by atoms with E-state index in [1.54, 1.807) is 0 Å². The summed E-state index contributed by atoms with van der Waals surface area (Å²) in [5.74, 6) is -0.383. The van der Waals surface area contributed by atoms with Crippen molar-refractivity contribution in [1.82, 2.24) is 21.3 Å². The molecule has 36 heavy (non-hydrogen) atoms. The first-order valence-electron chi connectivity index (χ1n) is 12.9. The number of carbonyl (C=O) groups is 2. The summed E-state index contributed by atoms with van der Waals surface area (Å²) in [6, 6.07) is 9.57. The number of nitrogens with one attached hydrogen (secondary N) is 4. The Bertz CT molecular complexity index is 1070. The highest BCUT2D eigenvalue weighted by molar-refractivity contribution is 5.94. The van der Waals surface area contributed by atoms with Gasteiger partial charge in [-0.1, -0.05) is 12.1 Å². The van der Waals surface area contributed by atoms with Gasteiger partial charge in [0.25, 0.3) is 0 Å². The molecule has 2 saturated heterocycles. The lowest BCUT2D eigenvalue weighted by molar-refractivity contribution is 0.0526. The van der Waals surface area contributed by atoms with Gasteiger partial charge >= 0.3 is 11.9 Å². The van der Waals surface area contributed by atoms with E-state index in [-0.39, 0.29) is 11.9 Å². The van der Waals surface area contributed by atoms with Crippen LogP contribution in [0.1, 0.15) is 80.0 Å². The summed E-state index contributed by atoms with van der Waals surface area (Å²) in [5, 5.41) is 14.0. The first-order chi connectivity index (χ1) is 17.3. The predicted molar refractivity (Wildman–Crippen MR) is 137 cm³/mol. The summed E-state index contributed by atoms with van der Waals surface area (Å²) in [6.07, 6.45) is 0. The highest BCUT2D eigenvalue weighted by Crippen LogP contribution is 2.30. The number of cyclic esters (lactones) is 2. The third-order valence-electron chi connectivity index (χ3n) is 7.85. The summed E-state index contributed by atoms with van der Waals surface area (Å²) in [6.45, 7) is 13.1. The van der Waals surface area contributed by atoms with Crippen LogP contribution in [0.25, 0.3) is 0 Å². The van der Waals surface area contributed by atoms with Gasteiger partial charge in [0.15, 0.2) is 0 Å². The standard InChI is InChI=1S/2C14H18N2O2/c2*1-8-5-16-13(6-15-8)10-3-4-11-12(9(10)2)7-18-14(11)17/h2*3-4,8,13,15-16H,5-7H2,1-2H3. The van der Waals surface area contributed by atoms with Crippen LogP contribution in [-0.4, -0.2) is 50.2 Å². The fraction of sp³-hybridized carbons (Fsp3) is 0.500. The number of esters is 2. The number of hydrogen-bond acceptors (Lipinski definition) is 8. The molecule has 4 aliphatic rings. The van der Waals surface area contributed by atoms with Crippen molar-refractivity contribution in [3.05, 3.63) is 68.8 Å². The number of piperazine rings is 2. The maximum Gasteiger partial charge on any atom is 0.338 e. The van der Waals surface area contributed by atoms with Crippen molar-refractivity contribution in [2.45, 2.75) is 65.1 Å². The van der Waals surface area contributed by atoms with Gasteiger partial charge in [-0.25, -0.2) is 9.59 Å². The second-order valence-corrected chi connectivity index (χ2v) is 10.3. The SMILES string of the molecule is Cc1c(C2CNC(C)CN2)ccc2c1COC2=O.Cc1c(C2CNC(C)CN2)ccc2c1COC2=O. The van der Waals surface area contributed by atoms with Gasteiger partial charge in [0, 0.05) is 61.5 Å². The first kappa shape index (κ1) is 24.9. The smallest absolute Gasteiger partial charge is 0.338 e. The van der Waals surface area contributed by atoms with Gasteiger partial charge in [-0.3, -0.25) is 0 Å². The Morgan fingerprint density at radius 2 is 1.06 bits per heavy atom. The Hall–Kier alpha value is -2.78. The fourth-order valence-electron chi connectivity index (χ4n) is 5.49. The number of fused-ring (bicyclic) bond motifs is 2. The maximum absolute atomic E-state index is 11.5. The van der Waals surface area contributed by atoms with Crippen molar-refractivity contribution in [2.75, 3.05) is 26.2 Å². The summed E-state index contributed by atoms with van der Waals surface area (Å²) in [7, 11) is 0. The van der Waals surface area contributed by atoms with Crippen LogP contribution in [-0.2, 0) is 22.7 Å². The molecule has 0 bridgehead atoms. The predicted octanol–water partition coefficient (Wildman–Crippen LogP) is 2.58. The van der Waals surface area contributed by atoms with Gasteiger partial charge in [0.2, 0.25) is 0 Å². The largest absolute Gasteiger partial charge is 0.457 e. The maximum atomic E-state index is 11.5. The molecule has 2 aromatic rings. The minimum atomic E-state index is -0.192. The molecular formula is C28H36N4O4. The molecule has 0 aliphatic carbocycles. The molecule has 4 atom stereocenters. The molecule has 2 fully saturated rings. The van der Waals surface area contributed by atoms with Gasteiger partial charge < -0.3 is 30.7 Å². The van der Waals surface area contributed by atoms with Crippen molar-refractivity contribution in [2.24, 2.45) is 0 Å². The van der Waals surface area contributed by atoms with Gasteiger partial charge in [-0.15, -0.1) is 0 Å². The molecule has 0 amide bonds. The van der Waals surface area contributed by atoms with Crippen LogP contribution < -0.4 is 21.3 Å². The van der Waals surface area contributed by atoms with Crippen LogP contribution in [0.15, 0.2) is 24.3 Å². The molecule has 8 heteroatoms. The molecule has 4 unspecified atom stereocenters. The van der Waals surface area contributed by atoms with E-state index in [4.69, 9.17) is 9.47 Å². The zero-order valence-corrected chi connectivity index (χ0v) is 21.5. The second kappa shape index (κ2) is 10.3. The summed E-state index contributed by atoms with van der Waals surface area (Å²) < 4.78 is 10.2. The van der Waals surface area contributed by atoms with Gasteiger partial charge in [-0.05, 0) is 62.1 Å². The minimum Gasteiger partial charge on any atom is -0.457 e. The number of hydrogen-bond donors (Lipinski definition) is 4. The van der Waals surface area contributed by atoms with Crippen LogP contribution >= 0.6 is 0 Å². The molecule has 8 nitrogen and oxygen atoms in total. The van der Waals surface area contributed by atoms with E-state index in [1.165, 1.54) is 22.3 Å². The average molecular weight is 493 g/mol. The van der Waals surface area contributed by atoms with Gasteiger partial charge in [0.1, 0.15) is 13.2 Å². The summed E-state index contributed by atoms with van der Waals surface area (Å²) in [4.78, 5) is 23.0. The van der Waals surface area contributed by atoms with E-state index in [1.807, 2.05) is 12.1 Å². The second-order valence-electron chi connectivity index (χ2n) is 10.3. The Balaban J connectivity index is 0.000000148. The van der Waals surface area contributed by atoms with E-state index in [9.17, 15) is 9.59 Å². The summed E-state index contributed by atoms with van der Waals surface area (Å²) in [5.41, 5.74) is 8.48. The van der Waals surface area contributed by atoms with Crippen LogP contribution in [0.5, 0.6) is 0 Å². The zero-order chi connectivity index (χ0) is 25.4. The topological polar surface area (TPSA) is 101 Å². The van der Waals surface area contributed by atoms with Crippen LogP contribution in [0, 0.1) is 13.8 Å². The lowest BCUT2D eigenvalue weighted by atomic mass is 9.93. The Kier molecular flexibility index (Phi) is 7.12. The highest BCUT2D eigenvalue weighted by atomic mass is 16.5. The minimum absolute atomic E-state index is 0.192. The van der Waals surface area contributed by atoms with Gasteiger partial charge in [-0.2, -0.15) is 0 Å². The third kappa shape index (κ3) is 4.78. The molecule has 6 rings (SSSR count). The lowest BCUT2D eigenvalue weighted by Crippen LogP contribution is -2.48. The molecule has 192 valence electrons. The number of rotatable bonds is 2. The molecule has 0 radical (unpaired) electrons. The number of benzene rings is 2. The molecule has 0 aromatic heterocycles. The first-order valence-corrected chi connectivity index (χ1v) is 12.9. The van der Waals surface area contributed by atoms with Crippen molar-refractivity contribution in [3.8, 4) is 0 Å². The molecule has 4 aliphatic heterocycles. The monoisotopic (exact) mass is 492 g/mol. The highest BCUT2D eigenvalue weighted by Gasteiger charge is 2.28. The van der Waals surface area contributed by atoms with E-state index >= 15 is 0 Å². The molecule has 0 saturated carbocycles. The van der Waals surface area contributed by atoms with E-state index in [0.717, 1.165) is 48.4 Å². The van der Waals surface area contributed by atoms with E-state index < -0.39 is 0 Å². The van der Waals surface area contributed by atoms with E-state index in [0.29, 0.717) is 37.4 Å². The summed E-state index contributed by atoms with van der Waals surface area (Å²) >= 11 is 0. The average Bonchev–Trinajstić information content (AvgIpc) is 3.45. The third-order valence-corrected chi connectivity index (χ3v) is 7.85. The van der Waals surface area contributed by atoms with Crippen molar-refractivity contribution >= 4 is 11.9 Å². The fourth-order valence-corrected chi connectivity index (χ4v) is 5.49. The van der Waals surface area contributed by atoms with Crippen LogP contribution in [0.3, 0.4) is 0 Å². The van der Waals surface area contributed by atoms with Crippen LogP contribution in [0.2, 0.25) is 0 Å². The number of carbonyl (C=O) groups excluding carboxylic acids is 2. The number of ether oxygens (including phenoxy) is 2. The van der Waals surface area contributed by atoms with Crippen LogP contribution in [0.4, 0.5) is 0 Å². The lowest BCUT2D eigenvalue weighted by Gasteiger charge is -2.30. The Morgan fingerprint density at radius 1 is 0.639 bits per heavy atom. The van der Waals surface area contributed by atoms with Crippen molar-refractivity contribution in [1.29, 1.82) is 0 Å². The Labute approximate surface area is 212 Å². The molecule has 4 N–H and O–H groups in total.